The number of aromatic nitrogens is 2. The molecule has 2 aromatic rings. The standard InChI is InChI=1S/C13H17N3O2/c1-14-10-5-2-4-9(8-10)13-15-12(16-18-13)11-6-3-7-17-11/h3,6-7,9-10,14H,2,4-5,8H2,1H3. The van der Waals surface area contributed by atoms with Crippen LogP contribution >= 0.6 is 0 Å². The van der Waals surface area contributed by atoms with Gasteiger partial charge in [-0.3, -0.25) is 0 Å². The van der Waals surface area contributed by atoms with Crippen molar-refractivity contribution in [2.24, 2.45) is 0 Å². The molecule has 2 unspecified atom stereocenters. The summed E-state index contributed by atoms with van der Waals surface area (Å²) in [6.07, 6.45) is 6.23. The molecule has 1 saturated carbocycles. The molecule has 1 N–H and O–H groups in total. The van der Waals surface area contributed by atoms with Crippen LogP contribution in [-0.2, 0) is 0 Å². The maximum Gasteiger partial charge on any atom is 0.238 e. The fourth-order valence-electron chi connectivity index (χ4n) is 2.58. The summed E-state index contributed by atoms with van der Waals surface area (Å²) in [5.74, 6) is 2.31. The van der Waals surface area contributed by atoms with E-state index in [1.807, 2.05) is 19.2 Å². The first-order valence-electron chi connectivity index (χ1n) is 6.41. The molecular formula is C13H17N3O2. The van der Waals surface area contributed by atoms with E-state index in [0.29, 0.717) is 23.5 Å². The minimum absolute atomic E-state index is 0.368. The maximum absolute atomic E-state index is 5.37. The predicted octanol–water partition coefficient (Wildman–Crippen LogP) is 2.58. The molecule has 0 bridgehead atoms. The van der Waals surface area contributed by atoms with Gasteiger partial charge in [-0.1, -0.05) is 11.6 Å². The molecule has 96 valence electrons. The van der Waals surface area contributed by atoms with Crippen LogP contribution in [0.2, 0.25) is 0 Å². The highest BCUT2D eigenvalue weighted by Gasteiger charge is 2.27. The molecule has 0 amide bonds. The maximum atomic E-state index is 5.37. The van der Waals surface area contributed by atoms with Crippen LogP contribution in [0.25, 0.3) is 11.6 Å². The average Bonchev–Trinajstić information content (AvgIpc) is 3.09. The van der Waals surface area contributed by atoms with Crippen LogP contribution in [0.3, 0.4) is 0 Å². The van der Waals surface area contributed by atoms with E-state index in [9.17, 15) is 0 Å². The van der Waals surface area contributed by atoms with Gasteiger partial charge >= 0.3 is 0 Å². The molecule has 1 fully saturated rings. The van der Waals surface area contributed by atoms with Crippen molar-refractivity contribution in [2.45, 2.75) is 37.6 Å². The van der Waals surface area contributed by atoms with Crippen LogP contribution in [0.15, 0.2) is 27.3 Å². The highest BCUT2D eigenvalue weighted by molar-refractivity contribution is 5.44. The number of rotatable bonds is 3. The van der Waals surface area contributed by atoms with E-state index < -0.39 is 0 Å². The SMILES string of the molecule is CNC1CCCC(c2nc(-c3ccco3)no2)C1. The molecular weight excluding hydrogens is 230 g/mol. The van der Waals surface area contributed by atoms with E-state index in [4.69, 9.17) is 8.94 Å². The minimum Gasteiger partial charge on any atom is -0.461 e. The monoisotopic (exact) mass is 247 g/mol. The van der Waals surface area contributed by atoms with E-state index in [2.05, 4.69) is 15.5 Å². The van der Waals surface area contributed by atoms with Gasteiger partial charge in [0, 0.05) is 12.0 Å². The van der Waals surface area contributed by atoms with Crippen molar-refractivity contribution in [1.29, 1.82) is 0 Å². The van der Waals surface area contributed by atoms with Crippen LogP contribution in [-0.4, -0.2) is 23.2 Å². The van der Waals surface area contributed by atoms with E-state index in [-0.39, 0.29) is 0 Å². The van der Waals surface area contributed by atoms with E-state index in [1.165, 1.54) is 12.8 Å². The summed E-state index contributed by atoms with van der Waals surface area (Å²) in [7, 11) is 2.01. The highest BCUT2D eigenvalue weighted by Crippen LogP contribution is 2.32. The third kappa shape index (κ3) is 2.18. The van der Waals surface area contributed by atoms with E-state index in [0.717, 1.165) is 18.7 Å². The number of nitrogens with one attached hydrogen (secondary N) is 1. The molecule has 0 radical (unpaired) electrons. The number of nitrogens with zero attached hydrogens (tertiary/aromatic N) is 2. The fraction of sp³-hybridized carbons (Fsp3) is 0.538. The van der Waals surface area contributed by atoms with Crippen molar-refractivity contribution in [3.05, 3.63) is 24.3 Å². The molecule has 0 aliphatic heterocycles. The van der Waals surface area contributed by atoms with Gasteiger partial charge in [-0.2, -0.15) is 4.98 Å². The molecule has 18 heavy (non-hydrogen) atoms. The van der Waals surface area contributed by atoms with Gasteiger partial charge in [0.05, 0.1) is 6.26 Å². The third-order valence-electron chi connectivity index (χ3n) is 3.61. The Bertz CT molecular complexity index is 492. The smallest absolute Gasteiger partial charge is 0.238 e. The summed E-state index contributed by atoms with van der Waals surface area (Å²) < 4.78 is 10.6. The van der Waals surface area contributed by atoms with E-state index in [1.54, 1.807) is 6.26 Å². The van der Waals surface area contributed by atoms with Gasteiger partial charge in [0.25, 0.3) is 0 Å². The largest absolute Gasteiger partial charge is 0.461 e. The lowest BCUT2D eigenvalue weighted by Crippen LogP contribution is -2.30. The van der Waals surface area contributed by atoms with Crippen molar-refractivity contribution in [3.63, 3.8) is 0 Å². The van der Waals surface area contributed by atoms with Gasteiger partial charge in [-0.15, -0.1) is 0 Å². The molecule has 2 heterocycles. The Hall–Kier alpha value is -1.62. The zero-order chi connectivity index (χ0) is 12.4. The van der Waals surface area contributed by atoms with Gasteiger partial charge in [0.15, 0.2) is 5.76 Å². The summed E-state index contributed by atoms with van der Waals surface area (Å²) in [6, 6.07) is 4.22. The van der Waals surface area contributed by atoms with Gasteiger partial charge in [-0.25, -0.2) is 0 Å². The van der Waals surface area contributed by atoms with E-state index >= 15 is 0 Å². The highest BCUT2D eigenvalue weighted by atomic mass is 16.5. The number of hydrogen-bond acceptors (Lipinski definition) is 5. The van der Waals surface area contributed by atoms with Crippen molar-refractivity contribution in [1.82, 2.24) is 15.5 Å². The van der Waals surface area contributed by atoms with Gasteiger partial charge in [0.2, 0.25) is 11.7 Å². The van der Waals surface area contributed by atoms with Crippen LogP contribution in [0.1, 0.15) is 37.5 Å². The summed E-state index contributed by atoms with van der Waals surface area (Å²) in [5.41, 5.74) is 0. The molecule has 1 aliphatic carbocycles. The average molecular weight is 247 g/mol. The molecule has 0 spiro atoms. The molecule has 5 heteroatoms. The summed E-state index contributed by atoms with van der Waals surface area (Å²) in [6.45, 7) is 0. The molecule has 2 aromatic heterocycles. The quantitative estimate of drug-likeness (QED) is 0.903. The molecule has 0 aromatic carbocycles. The third-order valence-corrected chi connectivity index (χ3v) is 3.61. The Morgan fingerprint density at radius 1 is 1.39 bits per heavy atom. The Labute approximate surface area is 106 Å². The lowest BCUT2D eigenvalue weighted by atomic mass is 9.86. The van der Waals surface area contributed by atoms with Crippen LogP contribution in [0.5, 0.6) is 0 Å². The Balaban J connectivity index is 1.77. The summed E-state index contributed by atoms with van der Waals surface area (Å²) in [4.78, 5) is 4.45. The molecule has 5 nitrogen and oxygen atoms in total. The first-order valence-corrected chi connectivity index (χ1v) is 6.41. The van der Waals surface area contributed by atoms with Crippen LogP contribution in [0, 0.1) is 0 Å². The predicted molar refractivity (Wildman–Crippen MR) is 66.1 cm³/mol. The molecule has 1 aliphatic rings. The zero-order valence-corrected chi connectivity index (χ0v) is 10.4. The molecule has 0 saturated heterocycles. The molecule has 2 atom stereocenters. The number of hydrogen-bond donors (Lipinski definition) is 1. The first kappa shape index (κ1) is 11.5. The topological polar surface area (TPSA) is 64.1 Å². The lowest BCUT2D eigenvalue weighted by molar-refractivity contribution is 0.284. The normalized spacial score (nSPS) is 24.3. The minimum atomic E-state index is 0.368. The van der Waals surface area contributed by atoms with Crippen molar-refractivity contribution in [3.8, 4) is 11.6 Å². The van der Waals surface area contributed by atoms with Crippen molar-refractivity contribution < 1.29 is 8.94 Å². The second kappa shape index (κ2) is 4.94. The zero-order valence-electron chi connectivity index (χ0n) is 10.4. The molecule has 3 rings (SSSR count). The summed E-state index contributed by atoms with van der Waals surface area (Å²) >= 11 is 0. The summed E-state index contributed by atoms with van der Waals surface area (Å²) in [5, 5.41) is 7.31. The van der Waals surface area contributed by atoms with Crippen molar-refractivity contribution >= 4 is 0 Å². The Morgan fingerprint density at radius 3 is 3.11 bits per heavy atom. The lowest BCUT2D eigenvalue weighted by Gasteiger charge is -2.26. The van der Waals surface area contributed by atoms with Gasteiger partial charge in [-0.05, 0) is 38.4 Å². The van der Waals surface area contributed by atoms with Crippen molar-refractivity contribution in [2.75, 3.05) is 7.05 Å². The van der Waals surface area contributed by atoms with Crippen LogP contribution < -0.4 is 5.32 Å². The van der Waals surface area contributed by atoms with Gasteiger partial charge < -0.3 is 14.3 Å². The van der Waals surface area contributed by atoms with Crippen LogP contribution in [0.4, 0.5) is 0 Å². The number of furan rings is 1. The fourth-order valence-corrected chi connectivity index (χ4v) is 2.58. The second-order valence-electron chi connectivity index (χ2n) is 4.78. The Morgan fingerprint density at radius 2 is 2.33 bits per heavy atom. The second-order valence-corrected chi connectivity index (χ2v) is 4.78. The Kier molecular flexibility index (Phi) is 3.15. The van der Waals surface area contributed by atoms with Gasteiger partial charge in [0.1, 0.15) is 0 Å². The first-order chi connectivity index (χ1) is 8.86.